The fourth-order valence-electron chi connectivity index (χ4n) is 4.10. The van der Waals surface area contributed by atoms with Gasteiger partial charge in [-0.15, -0.1) is 0 Å². The Morgan fingerprint density at radius 1 is 1.28 bits per heavy atom. The van der Waals surface area contributed by atoms with Crippen LogP contribution in [-0.2, 0) is 25.7 Å². The number of hydrogen-bond donors (Lipinski definition) is 2. The first-order valence-corrected chi connectivity index (χ1v) is 12.5. The lowest BCUT2D eigenvalue weighted by Crippen LogP contribution is -2.51. The summed E-state index contributed by atoms with van der Waals surface area (Å²) in [6.07, 6.45) is 4.81. The molecule has 1 aromatic carbocycles. The molecule has 10 heteroatoms. The predicted molar refractivity (Wildman–Crippen MR) is 135 cm³/mol. The van der Waals surface area contributed by atoms with Crippen molar-refractivity contribution in [3.05, 3.63) is 36.7 Å². The van der Waals surface area contributed by atoms with Crippen molar-refractivity contribution in [1.82, 2.24) is 25.1 Å². The van der Waals surface area contributed by atoms with Crippen LogP contribution in [-0.4, -0.2) is 78.2 Å². The minimum atomic E-state index is -0.686. The summed E-state index contributed by atoms with van der Waals surface area (Å²) in [4.78, 5) is 44.6. The first-order chi connectivity index (χ1) is 17.4. The Kier molecular flexibility index (Phi) is 10.3. The highest BCUT2D eigenvalue weighted by molar-refractivity contribution is 5.90. The smallest absolute Gasteiger partial charge is 0.242 e. The number of hydrogen-bond acceptors (Lipinski definition) is 6. The lowest BCUT2D eigenvalue weighted by Gasteiger charge is -2.25. The zero-order valence-corrected chi connectivity index (χ0v) is 21.4. The van der Waals surface area contributed by atoms with Gasteiger partial charge in [0.1, 0.15) is 17.6 Å². The maximum atomic E-state index is 13.0. The lowest BCUT2D eigenvalue weighted by molar-refractivity contribution is -0.137. The summed E-state index contributed by atoms with van der Waals surface area (Å²) in [6.45, 7) is 5.77. The van der Waals surface area contributed by atoms with E-state index in [-0.39, 0.29) is 43.2 Å². The number of amides is 3. The summed E-state index contributed by atoms with van der Waals surface area (Å²) < 4.78 is 12.9. The third-order valence-electron chi connectivity index (χ3n) is 5.87. The summed E-state index contributed by atoms with van der Waals surface area (Å²) in [6, 6.07) is 6.99. The Labute approximate surface area is 212 Å². The summed E-state index contributed by atoms with van der Waals surface area (Å²) >= 11 is 0. The van der Waals surface area contributed by atoms with Gasteiger partial charge in [-0.2, -0.15) is 0 Å². The van der Waals surface area contributed by atoms with Crippen LogP contribution >= 0.6 is 0 Å². The molecule has 1 atom stereocenters. The van der Waals surface area contributed by atoms with E-state index in [2.05, 4.69) is 15.6 Å². The van der Waals surface area contributed by atoms with Gasteiger partial charge in [0.25, 0.3) is 0 Å². The van der Waals surface area contributed by atoms with Gasteiger partial charge >= 0.3 is 0 Å². The Morgan fingerprint density at radius 2 is 2.11 bits per heavy atom. The van der Waals surface area contributed by atoms with Crippen molar-refractivity contribution < 1.29 is 23.9 Å². The van der Waals surface area contributed by atoms with E-state index in [0.29, 0.717) is 44.8 Å². The van der Waals surface area contributed by atoms with Crippen molar-refractivity contribution in [2.75, 3.05) is 40.0 Å². The molecule has 0 unspecified atom stereocenters. The van der Waals surface area contributed by atoms with E-state index in [9.17, 15) is 14.4 Å². The summed E-state index contributed by atoms with van der Waals surface area (Å²) in [7, 11) is 1.53. The molecule has 2 aromatic rings. The number of imidazole rings is 1. The van der Waals surface area contributed by atoms with Gasteiger partial charge in [-0.25, -0.2) is 4.98 Å². The topological polar surface area (TPSA) is 115 Å². The highest BCUT2D eigenvalue weighted by atomic mass is 16.5. The minimum absolute atomic E-state index is 0.127. The van der Waals surface area contributed by atoms with E-state index in [4.69, 9.17) is 9.47 Å². The van der Waals surface area contributed by atoms with Crippen molar-refractivity contribution in [2.45, 2.75) is 45.7 Å². The number of rotatable bonds is 5. The van der Waals surface area contributed by atoms with Gasteiger partial charge in [-0.1, -0.05) is 26.0 Å². The molecule has 0 spiro atoms. The highest BCUT2D eigenvalue weighted by Crippen LogP contribution is 2.23. The van der Waals surface area contributed by atoms with Crippen molar-refractivity contribution in [1.29, 1.82) is 0 Å². The van der Waals surface area contributed by atoms with Crippen LogP contribution in [0.2, 0.25) is 0 Å². The molecule has 196 valence electrons. The molecule has 0 saturated heterocycles. The van der Waals surface area contributed by atoms with Crippen LogP contribution in [0.4, 0.5) is 0 Å². The summed E-state index contributed by atoms with van der Waals surface area (Å²) in [5.74, 6) is 0.879. The number of ether oxygens (including phenoxy) is 2. The summed E-state index contributed by atoms with van der Waals surface area (Å²) in [5, 5.41) is 5.77. The van der Waals surface area contributed by atoms with Crippen molar-refractivity contribution in [3.63, 3.8) is 0 Å². The molecule has 2 N–H and O–H groups in total. The number of nitrogens with one attached hydrogen (secondary N) is 2. The molecular weight excluding hydrogens is 462 g/mol. The molecular formula is C26H37N5O5. The lowest BCUT2D eigenvalue weighted by atomic mass is 10.0. The van der Waals surface area contributed by atoms with Gasteiger partial charge < -0.3 is 29.6 Å². The SMILES string of the molecule is COCCC(=O)N1CCCOc2cccc(c2)-c2nccn2CCNC(=O)[C@@H](CC(C)C)NC(=O)C1. The van der Waals surface area contributed by atoms with Crippen molar-refractivity contribution in [2.24, 2.45) is 5.92 Å². The standard InChI is InChI=1S/C26H37N5O5/c1-19(2)16-22-26(34)28-10-13-30-12-9-27-25(30)20-6-4-7-21(17-20)36-14-5-11-31(18-23(32)29-22)24(33)8-15-35-3/h4,6-7,9,12,17,19,22H,5,8,10-11,13-16,18H2,1-3H3,(H,28,34)(H,29,32)/t22-/m1/s1. The number of carbonyl (C=O) groups is 3. The number of aromatic nitrogens is 2. The molecule has 1 aliphatic heterocycles. The molecule has 1 aliphatic rings. The molecule has 3 rings (SSSR count). The maximum absolute atomic E-state index is 13.0. The minimum Gasteiger partial charge on any atom is -0.494 e. The van der Waals surface area contributed by atoms with Crippen LogP contribution in [0.3, 0.4) is 0 Å². The Balaban J connectivity index is 1.82. The first-order valence-electron chi connectivity index (χ1n) is 12.5. The van der Waals surface area contributed by atoms with E-state index in [1.165, 1.54) is 12.0 Å². The summed E-state index contributed by atoms with van der Waals surface area (Å²) in [5.41, 5.74) is 0.909. The Morgan fingerprint density at radius 3 is 2.89 bits per heavy atom. The van der Waals surface area contributed by atoms with Gasteiger partial charge in [0.15, 0.2) is 0 Å². The van der Waals surface area contributed by atoms with E-state index < -0.39 is 6.04 Å². The molecule has 10 nitrogen and oxygen atoms in total. The Hall–Kier alpha value is -3.40. The van der Waals surface area contributed by atoms with Gasteiger partial charge in [0.05, 0.1) is 26.2 Å². The predicted octanol–water partition coefficient (Wildman–Crippen LogP) is 1.84. The number of fused-ring (bicyclic) bond motifs is 4. The van der Waals surface area contributed by atoms with Gasteiger partial charge in [-0.05, 0) is 30.9 Å². The molecule has 2 bridgehead atoms. The largest absolute Gasteiger partial charge is 0.494 e. The number of methoxy groups -OCH3 is 1. The van der Waals surface area contributed by atoms with E-state index >= 15 is 0 Å². The normalized spacial score (nSPS) is 17.9. The Bertz CT molecular complexity index is 1020. The average molecular weight is 500 g/mol. The van der Waals surface area contributed by atoms with Crippen molar-refractivity contribution >= 4 is 17.7 Å². The van der Waals surface area contributed by atoms with Crippen LogP contribution in [0.1, 0.15) is 33.1 Å². The van der Waals surface area contributed by atoms with Crippen LogP contribution in [0.5, 0.6) is 5.75 Å². The van der Waals surface area contributed by atoms with Crippen LogP contribution in [0.25, 0.3) is 11.4 Å². The van der Waals surface area contributed by atoms with E-state index in [1.807, 2.05) is 48.9 Å². The molecule has 3 amide bonds. The van der Waals surface area contributed by atoms with Gasteiger partial charge in [0.2, 0.25) is 17.7 Å². The monoisotopic (exact) mass is 499 g/mol. The second kappa shape index (κ2) is 13.6. The third kappa shape index (κ3) is 8.08. The van der Waals surface area contributed by atoms with Crippen LogP contribution in [0.15, 0.2) is 36.7 Å². The number of carbonyl (C=O) groups excluding carboxylic acids is 3. The van der Waals surface area contributed by atoms with Crippen molar-refractivity contribution in [3.8, 4) is 17.1 Å². The number of nitrogens with zero attached hydrogens (tertiary/aromatic N) is 3. The molecule has 0 aliphatic carbocycles. The molecule has 2 heterocycles. The first kappa shape index (κ1) is 27.2. The average Bonchev–Trinajstić information content (AvgIpc) is 3.32. The zero-order chi connectivity index (χ0) is 25.9. The molecule has 0 radical (unpaired) electrons. The fourth-order valence-corrected chi connectivity index (χ4v) is 4.10. The second-order valence-electron chi connectivity index (χ2n) is 9.27. The van der Waals surface area contributed by atoms with E-state index in [0.717, 1.165) is 11.4 Å². The quantitative estimate of drug-likeness (QED) is 0.649. The van der Waals surface area contributed by atoms with E-state index in [1.54, 1.807) is 6.20 Å². The zero-order valence-electron chi connectivity index (χ0n) is 21.4. The van der Waals surface area contributed by atoms with Gasteiger partial charge in [0, 0.05) is 44.7 Å². The van der Waals surface area contributed by atoms with Crippen LogP contribution < -0.4 is 15.4 Å². The molecule has 1 aromatic heterocycles. The molecule has 0 fully saturated rings. The molecule has 0 saturated carbocycles. The fraction of sp³-hybridized carbons (Fsp3) is 0.538. The van der Waals surface area contributed by atoms with Crippen LogP contribution in [0, 0.1) is 5.92 Å². The highest BCUT2D eigenvalue weighted by Gasteiger charge is 2.24. The molecule has 36 heavy (non-hydrogen) atoms. The second-order valence-corrected chi connectivity index (χ2v) is 9.27. The number of benzene rings is 1. The maximum Gasteiger partial charge on any atom is 0.242 e. The third-order valence-corrected chi connectivity index (χ3v) is 5.87. The van der Waals surface area contributed by atoms with Gasteiger partial charge in [-0.3, -0.25) is 14.4 Å².